The van der Waals surface area contributed by atoms with E-state index in [9.17, 15) is 18.0 Å². The molecule has 2 aromatic rings. The summed E-state index contributed by atoms with van der Waals surface area (Å²) in [6.07, 6.45) is 2.78. The van der Waals surface area contributed by atoms with Crippen molar-refractivity contribution in [1.82, 2.24) is 24.4 Å². The van der Waals surface area contributed by atoms with E-state index in [1.165, 1.54) is 11.0 Å². The number of sulfonamides is 1. The highest BCUT2D eigenvalue weighted by atomic mass is 32.2. The highest BCUT2D eigenvalue weighted by Crippen LogP contribution is 2.29. The normalized spacial score (nSPS) is 17.7. The van der Waals surface area contributed by atoms with Crippen LogP contribution in [0.5, 0.6) is 0 Å². The summed E-state index contributed by atoms with van der Waals surface area (Å²) in [6, 6.07) is 3.67. The number of carbonyl (C=O) groups excluding carboxylic acids is 2. The van der Waals surface area contributed by atoms with Crippen molar-refractivity contribution in [3.8, 4) is 0 Å². The Morgan fingerprint density at radius 3 is 2.81 bits per heavy atom. The molecule has 0 spiro atoms. The molecule has 1 aromatic carbocycles. The van der Waals surface area contributed by atoms with Crippen molar-refractivity contribution < 1.29 is 18.0 Å². The lowest BCUT2D eigenvalue weighted by atomic mass is 10.2. The van der Waals surface area contributed by atoms with Crippen molar-refractivity contribution in [2.24, 2.45) is 5.73 Å². The number of nitrogens with one attached hydrogen (secondary N) is 1. The lowest BCUT2D eigenvalue weighted by molar-refractivity contribution is -0.134. The van der Waals surface area contributed by atoms with Crippen LogP contribution in [0.15, 0.2) is 29.4 Å². The molecule has 2 aliphatic rings. The molecular formula is C19H25N7O4S. The van der Waals surface area contributed by atoms with E-state index in [0.717, 1.165) is 6.42 Å². The fourth-order valence-electron chi connectivity index (χ4n) is 4.01. The monoisotopic (exact) mass is 447 g/mol. The van der Waals surface area contributed by atoms with Crippen LogP contribution < -0.4 is 15.4 Å². The third-order valence-electron chi connectivity index (χ3n) is 5.69. The third kappa shape index (κ3) is 4.05. The third-order valence-corrected chi connectivity index (χ3v) is 7.31. The van der Waals surface area contributed by atoms with Gasteiger partial charge in [-0.3, -0.25) is 9.59 Å². The zero-order valence-corrected chi connectivity index (χ0v) is 18.0. The van der Waals surface area contributed by atoms with Crippen LogP contribution in [0.4, 0.5) is 5.69 Å². The summed E-state index contributed by atoms with van der Waals surface area (Å²) in [7, 11) is -4.05. The van der Waals surface area contributed by atoms with Crippen LogP contribution in [0.3, 0.4) is 0 Å². The number of fused-ring (bicyclic) bond motifs is 1. The number of anilines is 1. The first-order valence-corrected chi connectivity index (χ1v) is 11.6. The Hall–Kier alpha value is -2.83. The number of benzene rings is 1. The van der Waals surface area contributed by atoms with Crippen LogP contribution in [0, 0.1) is 6.92 Å². The fraction of sp³-hybridized carbons (Fsp3) is 0.474. The van der Waals surface area contributed by atoms with Crippen molar-refractivity contribution in [3.05, 3.63) is 35.9 Å². The van der Waals surface area contributed by atoms with Crippen molar-refractivity contribution in [1.29, 1.82) is 0 Å². The van der Waals surface area contributed by atoms with Gasteiger partial charge in [-0.15, -0.1) is 10.2 Å². The zero-order chi connectivity index (χ0) is 22.2. The second-order valence-electron chi connectivity index (χ2n) is 7.66. The minimum Gasteiger partial charge on any atom is -0.332 e. The Kier molecular flexibility index (Phi) is 5.77. The molecular weight excluding hydrogens is 422 g/mol. The van der Waals surface area contributed by atoms with Gasteiger partial charge in [-0.2, -0.15) is 4.72 Å². The summed E-state index contributed by atoms with van der Waals surface area (Å²) < 4.78 is 30.6. The second-order valence-corrected chi connectivity index (χ2v) is 9.34. The van der Waals surface area contributed by atoms with E-state index < -0.39 is 22.0 Å². The van der Waals surface area contributed by atoms with Crippen LogP contribution in [0.2, 0.25) is 0 Å². The summed E-state index contributed by atoms with van der Waals surface area (Å²) in [6.45, 7) is 3.20. The standard InChI is InChI=1S/C19H25N7O4S/c1-13-15(26-7-3-6-18(26)27)4-2-5-16(13)31(29,30)23-14(10-20)19(28)24-8-9-25-12-21-22-17(25)11-24/h2,4-5,12,14,23H,3,6-11,20H2,1H3/t14-/m0/s1. The lowest BCUT2D eigenvalue weighted by Gasteiger charge is -2.30. The average Bonchev–Trinajstić information content (AvgIpc) is 3.39. The molecule has 11 nitrogen and oxygen atoms in total. The predicted octanol–water partition coefficient (Wildman–Crippen LogP) is -0.639. The van der Waals surface area contributed by atoms with Crippen LogP contribution in [-0.2, 0) is 32.7 Å². The first-order valence-electron chi connectivity index (χ1n) is 10.1. The Morgan fingerprint density at radius 1 is 1.29 bits per heavy atom. The Bertz CT molecular complexity index is 1110. The average molecular weight is 448 g/mol. The van der Waals surface area contributed by atoms with E-state index in [0.29, 0.717) is 43.1 Å². The molecule has 0 unspecified atom stereocenters. The number of nitrogens with zero attached hydrogens (tertiary/aromatic N) is 5. The SMILES string of the molecule is Cc1c(N2CCCC2=O)cccc1S(=O)(=O)N[C@@H](CN)C(=O)N1CCn2cnnc2C1. The summed E-state index contributed by atoms with van der Waals surface area (Å²) in [4.78, 5) is 28.3. The largest absolute Gasteiger partial charge is 0.332 e. The van der Waals surface area contributed by atoms with Gasteiger partial charge in [-0.1, -0.05) is 6.07 Å². The molecule has 3 N–H and O–H groups in total. The van der Waals surface area contributed by atoms with Gasteiger partial charge in [-0.05, 0) is 31.0 Å². The maximum Gasteiger partial charge on any atom is 0.242 e. The van der Waals surface area contributed by atoms with Gasteiger partial charge in [0, 0.05) is 38.3 Å². The molecule has 1 atom stereocenters. The van der Waals surface area contributed by atoms with E-state index in [1.807, 2.05) is 4.57 Å². The van der Waals surface area contributed by atoms with Gasteiger partial charge in [0.15, 0.2) is 5.82 Å². The van der Waals surface area contributed by atoms with Crippen LogP contribution in [0.1, 0.15) is 24.2 Å². The molecule has 31 heavy (non-hydrogen) atoms. The molecule has 166 valence electrons. The number of carbonyl (C=O) groups is 2. The quantitative estimate of drug-likeness (QED) is 0.599. The molecule has 0 bridgehead atoms. The maximum absolute atomic E-state index is 13.1. The predicted molar refractivity (Wildman–Crippen MR) is 111 cm³/mol. The number of nitrogens with two attached hydrogens (primary N) is 1. The molecule has 12 heteroatoms. The van der Waals surface area contributed by atoms with Gasteiger partial charge >= 0.3 is 0 Å². The first kappa shape index (κ1) is 21.4. The number of hydrogen-bond donors (Lipinski definition) is 2. The topological polar surface area (TPSA) is 144 Å². The van der Waals surface area contributed by atoms with E-state index in [1.54, 1.807) is 30.3 Å². The minimum atomic E-state index is -4.05. The van der Waals surface area contributed by atoms with Gasteiger partial charge in [0.05, 0.1) is 11.4 Å². The van der Waals surface area contributed by atoms with Crippen LogP contribution in [-0.4, -0.2) is 65.6 Å². The van der Waals surface area contributed by atoms with Crippen molar-refractivity contribution in [2.45, 2.75) is 43.8 Å². The van der Waals surface area contributed by atoms with Crippen LogP contribution in [0.25, 0.3) is 0 Å². The summed E-state index contributed by atoms with van der Waals surface area (Å²) in [5, 5.41) is 7.81. The molecule has 3 heterocycles. The smallest absolute Gasteiger partial charge is 0.242 e. The number of amides is 2. The van der Waals surface area contributed by atoms with Crippen molar-refractivity contribution in [2.75, 3.05) is 24.5 Å². The molecule has 0 saturated carbocycles. The van der Waals surface area contributed by atoms with Gasteiger partial charge in [0.25, 0.3) is 0 Å². The fourth-order valence-corrected chi connectivity index (χ4v) is 5.48. The summed E-state index contributed by atoms with van der Waals surface area (Å²) in [5.41, 5.74) is 6.79. The van der Waals surface area contributed by atoms with E-state index in [-0.39, 0.29) is 23.9 Å². The molecule has 2 amide bonds. The molecule has 1 fully saturated rings. The van der Waals surface area contributed by atoms with Crippen molar-refractivity contribution >= 4 is 27.5 Å². The molecule has 1 saturated heterocycles. The van der Waals surface area contributed by atoms with E-state index in [4.69, 9.17) is 5.73 Å². The molecule has 4 rings (SSSR count). The minimum absolute atomic E-state index is 0.0225. The second kappa shape index (κ2) is 8.36. The molecule has 2 aliphatic heterocycles. The van der Waals surface area contributed by atoms with Crippen molar-refractivity contribution in [3.63, 3.8) is 0 Å². The molecule has 1 aromatic heterocycles. The Labute approximate surface area is 180 Å². The molecule has 0 radical (unpaired) electrons. The maximum atomic E-state index is 13.1. The lowest BCUT2D eigenvalue weighted by Crippen LogP contribution is -2.53. The van der Waals surface area contributed by atoms with Gasteiger partial charge in [-0.25, -0.2) is 8.42 Å². The van der Waals surface area contributed by atoms with E-state index >= 15 is 0 Å². The first-order chi connectivity index (χ1) is 14.8. The number of rotatable bonds is 6. The number of hydrogen-bond acceptors (Lipinski definition) is 7. The van der Waals surface area contributed by atoms with E-state index in [2.05, 4.69) is 14.9 Å². The Morgan fingerprint density at radius 2 is 2.10 bits per heavy atom. The summed E-state index contributed by atoms with van der Waals surface area (Å²) in [5.74, 6) is 0.194. The van der Waals surface area contributed by atoms with Gasteiger partial charge in [0.2, 0.25) is 21.8 Å². The highest BCUT2D eigenvalue weighted by molar-refractivity contribution is 7.89. The van der Waals surface area contributed by atoms with Gasteiger partial charge < -0.3 is 20.1 Å². The number of aromatic nitrogens is 3. The molecule has 0 aliphatic carbocycles. The zero-order valence-electron chi connectivity index (χ0n) is 17.2. The Balaban J connectivity index is 1.55. The van der Waals surface area contributed by atoms with Crippen LogP contribution >= 0.6 is 0 Å². The summed E-state index contributed by atoms with van der Waals surface area (Å²) >= 11 is 0. The highest BCUT2D eigenvalue weighted by Gasteiger charge is 2.32. The van der Waals surface area contributed by atoms with Gasteiger partial charge in [0.1, 0.15) is 12.4 Å².